The van der Waals surface area contributed by atoms with Crippen LogP contribution in [0.2, 0.25) is 0 Å². The van der Waals surface area contributed by atoms with Crippen LogP contribution in [0, 0.1) is 6.92 Å². The van der Waals surface area contributed by atoms with Gasteiger partial charge < -0.3 is 14.8 Å². The molecule has 0 aliphatic heterocycles. The fraction of sp³-hybridized carbons (Fsp3) is 0.176. The number of hydrogen-bond donors (Lipinski definition) is 1. The van der Waals surface area contributed by atoms with Crippen molar-refractivity contribution in [2.75, 3.05) is 19.5 Å². The third kappa shape index (κ3) is 3.16. The molecule has 0 bridgehead atoms. The first kappa shape index (κ1) is 16.8. The van der Waals surface area contributed by atoms with Crippen molar-refractivity contribution in [1.82, 2.24) is 9.97 Å². The zero-order chi connectivity index (χ0) is 18.0. The molecule has 8 heteroatoms. The molecule has 0 atom stereocenters. The molecule has 1 aromatic carbocycles. The molecule has 0 spiro atoms. The largest absolute Gasteiger partial charge is 0.465 e. The van der Waals surface area contributed by atoms with Gasteiger partial charge in [-0.15, -0.1) is 11.3 Å². The van der Waals surface area contributed by atoms with E-state index in [1.54, 1.807) is 18.2 Å². The highest BCUT2D eigenvalue weighted by atomic mass is 32.1. The molecule has 2 aromatic heterocycles. The second-order valence-corrected chi connectivity index (χ2v) is 6.15. The average molecular weight is 357 g/mol. The van der Waals surface area contributed by atoms with Crippen molar-refractivity contribution in [3.63, 3.8) is 0 Å². The van der Waals surface area contributed by atoms with Crippen LogP contribution in [0.4, 0.5) is 11.5 Å². The van der Waals surface area contributed by atoms with E-state index in [-0.39, 0.29) is 0 Å². The molecule has 0 amide bonds. The maximum absolute atomic E-state index is 11.9. The SMILES string of the molecule is COC(=O)c1cccc(Nc2ncnc3sc(C(=O)OC)c(C)c23)c1. The minimum absolute atomic E-state index is 0.404. The number of anilines is 2. The van der Waals surface area contributed by atoms with E-state index in [0.29, 0.717) is 26.8 Å². The van der Waals surface area contributed by atoms with Crippen LogP contribution in [0.5, 0.6) is 0 Å². The first-order valence-corrected chi connectivity index (χ1v) is 8.14. The number of aromatic nitrogens is 2. The predicted octanol–water partition coefficient (Wildman–Crippen LogP) is 3.32. The number of carbonyl (C=O) groups is 2. The van der Waals surface area contributed by atoms with E-state index in [1.165, 1.54) is 31.9 Å². The summed E-state index contributed by atoms with van der Waals surface area (Å²) in [6, 6.07) is 6.89. The van der Waals surface area contributed by atoms with Gasteiger partial charge in [-0.3, -0.25) is 0 Å². The van der Waals surface area contributed by atoms with Gasteiger partial charge in [-0.1, -0.05) is 6.07 Å². The number of carbonyl (C=O) groups excluding carboxylic acids is 2. The van der Waals surface area contributed by atoms with Crippen molar-refractivity contribution >= 4 is 45.0 Å². The number of esters is 2. The molecule has 0 saturated heterocycles. The number of rotatable bonds is 4. The lowest BCUT2D eigenvalue weighted by Gasteiger charge is -2.08. The molecule has 2 heterocycles. The van der Waals surface area contributed by atoms with Crippen molar-refractivity contribution in [3.05, 3.63) is 46.6 Å². The quantitative estimate of drug-likeness (QED) is 0.716. The smallest absolute Gasteiger partial charge is 0.348 e. The third-order valence-electron chi connectivity index (χ3n) is 3.64. The first-order valence-electron chi connectivity index (χ1n) is 7.33. The highest BCUT2D eigenvalue weighted by Gasteiger charge is 2.20. The summed E-state index contributed by atoms with van der Waals surface area (Å²) in [5, 5.41) is 3.92. The van der Waals surface area contributed by atoms with Crippen molar-refractivity contribution in [3.8, 4) is 0 Å². The predicted molar refractivity (Wildman–Crippen MR) is 94.6 cm³/mol. The summed E-state index contributed by atoms with van der Waals surface area (Å²) >= 11 is 1.25. The minimum Gasteiger partial charge on any atom is -0.465 e. The Hall–Kier alpha value is -3.00. The minimum atomic E-state index is -0.420. The number of benzene rings is 1. The highest BCUT2D eigenvalue weighted by molar-refractivity contribution is 7.20. The standard InChI is InChI=1S/C17H15N3O4S/c1-9-12-14(18-8-19-15(12)25-13(9)17(22)24-3)20-11-6-4-5-10(7-11)16(21)23-2/h4-8H,1-3H3,(H,18,19,20). The molecule has 0 aliphatic carbocycles. The lowest BCUT2D eigenvalue weighted by Crippen LogP contribution is -2.02. The van der Waals surface area contributed by atoms with Crippen LogP contribution < -0.4 is 5.32 Å². The molecule has 0 saturated carbocycles. The summed E-state index contributed by atoms with van der Waals surface area (Å²) in [5.41, 5.74) is 1.85. The van der Waals surface area contributed by atoms with Crippen LogP contribution in [-0.2, 0) is 9.47 Å². The van der Waals surface area contributed by atoms with Gasteiger partial charge in [0.05, 0.1) is 25.2 Å². The topological polar surface area (TPSA) is 90.4 Å². The van der Waals surface area contributed by atoms with Gasteiger partial charge in [0.15, 0.2) is 0 Å². The second kappa shape index (κ2) is 6.86. The summed E-state index contributed by atoms with van der Waals surface area (Å²) in [7, 11) is 2.68. The molecular weight excluding hydrogens is 342 g/mol. The Bertz CT molecular complexity index is 968. The van der Waals surface area contributed by atoms with Gasteiger partial charge in [0.1, 0.15) is 21.9 Å². The molecule has 3 aromatic rings. The van der Waals surface area contributed by atoms with E-state index in [4.69, 9.17) is 9.47 Å². The lowest BCUT2D eigenvalue weighted by molar-refractivity contribution is 0.0594. The summed E-state index contributed by atoms with van der Waals surface area (Å²) in [6.07, 6.45) is 1.42. The molecule has 0 unspecified atom stereocenters. The zero-order valence-electron chi connectivity index (χ0n) is 13.8. The molecule has 128 valence electrons. The van der Waals surface area contributed by atoms with Crippen LogP contribution in [0.25, 0.3) is 10.2 Å². The summed E-state index contributed by atoms with van der Waals surface area (Å²) in [5.74, 6) is -0.272. The monoisotopic (exact) mass is 357 g/mol. The van der Waals surface area contributed by atoms with Gasteiger partial charge in [0.2, 0.25) is 0 Å². The van der Waals surface area contributed by atoms with Gasteiger partial charge in [-0.25, -0.2) is 19.6 Å². The number of aryl methyl sites for hydroxylation is 1. The van der Waals surface area contributed by atoms with Gasteiger partial charge in [-0.05, 0) is 30.7 Å². The molecule has 7 nitrogen and oxygen atoms in total. The van der Waals surface area contributed by atoms with Gasteiger partial charge >= 0.3 is 11.9 Å². The summed E-state index contributed by atoms with van der Waals surface area (Å²) < 4.78 is 9.54. The fourth-order valence-corrected chi connectivity index (χ4v) is 3.50. The molecule has 1 N–H and O–H groups in total. The Balaban J connectivity index is 2.04. The van der Waals surface area contributed by atoms with Crippen LogP contribution in [0.3, 0.4) is 0 Å². The molecule has 3 rings (SSSR count). The van der Waals surface area contributed by atoms with Crippen molar-refractivity contribution in [1.29, 1.82) is 0 Å². The number of ether oxygens (including phenoxy) is 2. The van der Waals surface area contributed by atoms with E-state index in [9.17, 15) is 9.59 Å². The van der Waals surface area contributed by atoms with E-state index in [0.717, 1.165) is 10.9 Å². The Kier molecular flexibility index (Phi) is 4.62. The molecular formula is C17H15N3O4S. The first-order chi connectivity index (χ1) is 12.0. The molecule has 0 aliphatic rings. The maximum atomic E-state index is 11.9. The fourth-order valence-electron chi connectivity index (χ4n) is 2.43. The molecule has 25 heavy (non-hydrogen) atoms. The molecule has 0 fully saturated rings. The second-order valence-electron chi connectivity index (χ2n) is 5.15. The maximum Gasteiger partial charge on any atom is 0.348 e. The number of fused-ring (bicyclic) bond motifs is 1. The average Bonchev–Trinajstić information content (AvgIpc) is 2.98. The Morgan fingerprint density at radius 1 is 1.12 bits per heavy atom. The van der Waals surface area contributed by atoms with E-state index >= 15 is 0 Å². The van der Waals surface area contributed by atoms with Crippen LogP contribution in [-0.4, -0.2) is 36.1 Å². The van der Waals surface area contributed by atoms with Gasteiger partial charge in [-0.2, -0.15) is 0 Å². The van der Waals surface area contributed by atoms with Gasteiger partial charge in [0, 0.05) is 5.69 Å². The highest BCUT2D eigenvalue weighted by Crippen LogP contribution is 2.34. The van der Waals surface area contributed by atoms with E-state index < -0.39 is 11.9 Å². The van der Waals surface area contributed by atoms with E-state index in [2.05, 4.69) is 15.3 Å². The number of nitrogens with one attached hydrogen (secondary N) is 1. The number of methoxy groups -OCH3 is 2. The lowest BCUT2D eigenvalue weighted by atomic mass is 10.2. The van der Waals surface area contributed by atoms with Crippen LogP contribution in [0.15, 0.2) is 30.6 Å². The Morgan fingerprint density at radius 2 is 1.88 bits per heavy atom. The van der Waals surface area contributed by atoms with E-state index in [1.807, 2.05) is 13.0 Å². The van der Waals surface area contributed by atoms with Crippen LogP contribution >= 0.6 is 11.3 Å². The van der Waals surface area contributed by atoms with Gasteiger partial charge in [0.25, 0.3) is 0 Å². The zero-order valence-corrected chi connectivity index (χ0v) is 14.6. The summed E-state index contributed by atoms with van der Waals surface area (Å²) in [6.45, 7) is 1.82. The third-order valence-corrected chi connectivity index (χ3v) is 4.82. The van der Waals surface area contributed by atoms with Crippen LogP contribution in [0.1, 0.15) is 25.6 Å². The number of thiophene rings is 1. The molecule has 0 radical (unpaired) electrons. The number of hydrogen-bond acceptors (Lipinski definition) is 8. The van der Waals surface area contributed by atoms with Crippen molar-refractivity contribution < 1.29 is 19.1 Å². The summed E-state index contributed by atoms with van der Waals surface area (Å²) in [4.78, 5) is 33.2. The van der Waals surface area contributed by atoms with Crippen molar-refractivity contribution in [2.24, 2.45) is 0 Å². The van der Waals surface area contributed by atoms with Crippen molar-refractivity contribution in [2.45, 2.75) is 6.92 Å². The Morgan fingerprint density at radius 3 is 2.60 bits per heavy atom. The Labute approximate surface area is 147 Å². The number of nitrogens with zero attached hydrogens (tertiary/aromatic N) is 2. The normalized spacial score (nSPS) is 10.5.